The van der Waals surface area contributed by atoms with Crippen LogP contribution in [0.4, 0.5) is 0 Å². The molecule has 20 heavy (non-hydrogen) atoms. The van der Waals surface area contributed by atoms with E-state index in [1.807, 2.05) is 24.3 Å². The summed E-state index contributed by atoms with van der Waals surface area (Å²) in [4.78, 5) is 12.1. The number of hydrogen-bond donors (Lipinski definition) is 2. The van der Waals surface area contributed by atoms with Gasteiger partial charge in [-0.15, -0.1) is 0 Å². The predicted octanol–water partition coefficient (Wildman–Crippen LogP) is 2.21. The molecule has 2 unspecified atom stereocenters. The lowest BCUT2D eigenvalue weighted by atomic mass is 9.97. The molecule has 0 spiro atoms. The zero-order valence-corrected chi connectivity index (χ0v) is 11.9. The quantitative estimate of drug-likeness (QED) is 0.763. The Kier molecular flexibility index (Phi) is 7.38. The fraction of sp³-hybridized carbons (Fsp3) is 0.500. The van der Waals surface area contributed by atoms with E-state index in [4.69, 9.17) is 5.11 Å². The Bertz CT molecular complexity index is 434. The lowest BCUT2D eigenvalue weighted by Crippen LogP contribution is -2.33. The van der Waals surface area contributed by atoms with Crippen LogP contribution in [0.15, 0.2) is 30.3 Å². The molecule has 1 rings (SSSR count). The second-order valence-electron chi connectivity index (χ2n) is 4.88. The van der Waals surface area contributed by atoms with Crippen molar-refractivity contribution in [2.24, 2.45) is 5.92 Å². The molecule has 1 aromatic rings. The number of hydrogen-bond acceptors (Lipinski definition) is 3. The molecule has 0 bridgehead atoms. The van der Waals surface area contributed by atoms with Crippen molar-refractivity contribution in [1.82, 2.24) is 5.32 Å². The first-order valence-corrected chi connectivity index (χ1v) is 7.06. The first-order chi connectivity index (χ1) is 9.72. The lowest BCUT2D eigenvalue weighted by molar-refractivity contribution is -0.121. The van der Waals surface area contributed by atoms with Crippen molar-refractivity contribution in [2.45, 2.75) is 32.1 Å². The normalized spacial score (nSPS) is 13.2. The molecule has 1 aromatic carbocycles. The monoisotopic (exact) mass is 274 g/mol. The van der Waals surface area contributed by atoms with Crippen LogP contribution in [0.25, 0.3) is 0 Å². The Hall–Kier alpha value is -1.86. The molecule has 0 radical (unpaired) electrons. The van der Waals surface area contributed by atoms with Gasteiger partial charge in [0.1, 0.15) is 5.92 Å². The van der Waals surface area contributed by atoms with Crippen molar-refractivity contribution in [3.63, 3.8) is 0 Å². The third kappa shape index (κ3) is 5.02. The number of nitriles is 1. The van der Waals surface area contributed by atoms with E-state index < -0.39 is 5.92 Å². The standard InChI is InChI=1S/C16H22N2O2/c1-2-6-13(9-10-19)12-18-16(20)15(11-17)14-7-4-3-5-8-14/h3-5,7-8,13,15,19H,2,6,9-10,12H2,1H3,(H,18,20). The minimum absolute atomic E-state index is 0.126. The fourth-order valence-electron chi connectivity index (χ4n) is 2.22. The van der Waals surface area contributed by atoms with Gasteiger partial charge < -0.3 is 10.4 Å². The zero-order valence-electron chi connectivity index (χ0n) is 11.9. The second-order valence-corrected chi connectivity index (χ2v) is 4.88. The van der Waals surface area contributed by atoms with Crippen LogP contribution >= 0.6 is 0 Å². The van der Waals surface area contributed by atoms with Gasteiger partial charge in [0.25, 0.3) is 0 Å². The van der Waals surface area contributed by atoms with Crippen molar-refractivity contribution in [1.29, 1.82) is 5.26 Å². The highest BCUT2D eigenvalue weighted by atomic mass is 16.3. The highest BCUT2D eigenvalue weighted by Crippen LogP contribution is 2.15. The molecule has 0 heterocycles. The summed E-state index contributed by atoms with van der Waals surface area (Å²) in [5.74, 6) is -0.769. The molecule has 4 nitrogen and oxygen atoms in total. The maximum Gasteiger partial charge on any atom is 0.241 e. The van der Waals surface area contributed by atoms with Crippen LogP contribution in [-0.4, -0.2) is 24.2 Å². The third-order valence-corrected chi connectivity index (χ3v) is 3.32. The number of aliphatic hydroxyl groups is 1. The van der Waals surface area contributed by atoms with Gasteiger partial charge in [-0.25, -0.2) is 0 Å². The average Bonchev–Trinajstić information content (AvgIpc) is 2.47. The molecule has 2 atom stereocenters. The van der Waals surface area contributed by atoms with E-state index in [0.717, 1.165) is 12.8 Å². The minimum Gasteiger partial charge on any atom is -0.396 e. The molecular formula is C16H22N2O2. The zero-order chi connectivity index (χ0) is 14.8. The number of carbonyl (C=O) groups is 1. The Morgan fingerprint density at radius 3 is 2.60 bits per heavy atom. The Morgan fingerprint density at radius 2 is 2.05 bits per heavy atom. The predicted molar refractivity (Wildman–Crippen MR) is 77.9 cm³/mol. The van der Waals surface area contributed by atoms with Crippen LogP contribution in [0.5, 0.6) is 0 Å². The third-order valence-electron chi connectivity index (χ3n) is 3.32. The maximum absolute atomic E-state index is 12.1. The molecule has 0 saturated carbocycles. The van der Waals surface area contributed by atoms with Gasteiger partial charge in [0.15, 0.2) is 0 Å². The van der Waals surface area contributed by atoms with Gasteiger partial charge in [-0.2, -0.15) is 5.26 Å². The lowest BCUT2D eigenvalue weighted by Gasteiger charge is -2.17. The number of rotatable bonds is 8. The number of aliphatic hydroxyl groups excluding tert-OH is 1. The highest BCUT2D eigenvalue weighted by Gasteiger charge is 2.20. The number of benzene rings is 1. The van der Waals surface area contributed by atoms with E-state index in [-0.39, 0.29) is 18.4 Å². The van der Waals surface area contributed by atoms with Crippen LogP contribution in [0.2, 0.25) is 0 Å². The van der Waals surface area contributed by atoms with Gasteiger partial charge in [0, 0.05) is 13.2 Å². The van der Waals surface area contributed by atoms with E-state index in [1.54, 1.807) is 12.1 Å². The van der Waals surface area contributed by atoms with Gasteiger partial charge in [-0.3, -0.25) is 4.79 Å². The second kappa shape index (κ2) is 9.11. The highest BCUT2D eigenvalue weighted by molar-refractivity contribution is 5.86. The van der Waals surface area contributed by atoms with Crippen molar-refractivity contribution in [3.8, 4) is 6.07 Å². The molecule has 0 fully saturated rings. The van der Waals surface area contributed by atoms with Gasteiger partial charge >= 0.3 is 0 Å². The van der Waals surface area contributed by atoms with Gasteiger partial charge in [0.05, 0.1) is 6.07 Å². The van der Waals surface area contributed by atoms with Gasteiger partial charge in [-0.05, 0) is 24.3 Å². The molecule has 108 valence electrons. The SMILES string of the molecule is CCCC(CCO)CNC(=O)C(C#N)c1ccccc1. The first-order valence-electron chi connectivity index (χ1n) is 7.06. The minimum atomic E-state index is -0.771. The van der Waals surface area contributed by atoms with Crippen LogP contribution in [-0.2, 0) is 4.79 Å². The smallest absolute Gasteiger partial charge is 0.241 e. The van der Waals surface area contributed by atoms with Crippen LogP contribution in [0, 0.1) is 17.2 Å². The largest absolute Gasteiger partial charge is 0.396 e. The Labute approximate surface area is 120 Å². The van der Waals surface area contributed by atoms with E-state index in [9.17, 15) is 10.1 Å². The molecular weight excluding hydrogens is 252 g/mol. The molecule has 2 N–H and O–H groups in total. The van der Waals surface area contributed by atoms with Crippen LogP contribution in [0.1, 0.15) is 37.7 Å². The summed E-state index contributed by atoms with van der Waals surface area (Å²) in [5.41, 5.74) is 0.710. The number of nitrogens with zero attached hydrogens (tertiary/aromatic N) is 1. The maximum atomic E-state index is 12.1. The van der Waals surface area contributed by atoms with E-state index >= 15 is 0 Å². The Morgan fingerprint density at radius 1 is 1.35 bits per heavy atom. The van der Waals surface area contributed by atoms with Crippen molar-refractivity contribution in [3.05, 3.63) is 35.9 Å². The van der Waals surface area contributed by atoms with E-state index in [2.05, 4.69) is 12.2 Å². The summed E-state index contributed by atoms with van der Waals surface area (Å²) >= 11 is 0. The first kappa shape index (κ1) is 16.2. The molecule has 0 aliphatic heterocycles. The number of nitrogens with one attached hydrogen (secondary N) is 1. The summed E-state index contributed by atoms with van der Waals surface area (Å²) in [7, 11) is 0. The molecule has 0 aliphatic carbocycles. The fourth-order valence-corrected chi connectivity index (χ4v) is 2.22. The van der Waals surface area contributed by atoms with Crippen molar-refractivity contribution >= 4 is 5.91 Å². The molecule has 0 aliphatic rings. The molecule has 4 heteroatoms. The molecule has 0 aromatic heterocycles. The van der Waals surface area contributed by atoms with Crippen molar-refractivity contribution in [2.75, 3.05) is 13.2 Å². The molecule has 1 amide bonds. The summed E-state index contributed by atoms with van der Waals surface area (Å²) in [6.45, 7) is 2.72. The summed E-state index contributed by atoms with van der Waals surface area (Å²) in [6.07, 6.45) is 2.65. The van der Waals surface area contributed by atoms with E-state index in [0.29, 0.717) is 18.5 Å². The van der Waals surface area contributed by atoms with E-state index in [1.165, 1.54) is 0 Å². The number of carbonyl (C=O) groups excluding carboxylic acids is 1. The van der Waals surface area contributed by atoms with Gasteiger partial charge in [-0.1, -0.05) is 43.7 Å². The van der Waals surface area contributed by atoms with Crippen molar-refractivity contribution < 1.29 is 9.90 Å². The topological polar surface area (TPSA) is 73.1 Å². The van der Waals surface area contributed by atoms with Crippen LogP contribution < -0.4 is 5.32 Å². The van der Waals surface area contributed by atoms with Gasteiger partial charge in [0.2, 0.25) is 5.91 Å². The number of amides is 1. The summed E-state index contributed by atoms with van der Waals surface area (Å²) < 4.78 is 0. The summed E-state index contributed by atoms with van der Waals surface area (Å²) in [6, 6.07) is 11.1. The Balaban J connectivity index is 2.58. The van der Waals surface area contributed by atoms with Crippen LogP contribution in [0.3, 0.4) is 0 Å². The summed E-state index contributed by atoms with van der Waals surface area (Å²) in [5, 5.41) is 21.0. The average molecular weight is 274 g/mol. The molecule has 0 saturated heterocycles.